The van der Waals surface area contributed by atoms with Crippen LogP contribution in [0.1, 0.15) is 38.6 Å². The minimum absolute atomic E-state index is 0.0790. The van der Waals surface area contributed by atoms with Gasteiger partial charge in [0.2, 0.25) is 0 Å². The minimum atomic E-state index is -0.270. The molecule has 16 heavy (non-hydrogen) atoms. The Morgan fingerprint density at radius 2 is 1.94 bits per heavy atom. The molecule has 1 saturated carbocycles. The fourth-order valence-electron chi connectivity index (χ4n) is 2.17. The number of hydrogen-bond donors (Lipinski definition) is 0. The van der Waals surface area contributed by atoms with Crippen LogP contribution in [0.15, 0.2) is 11.0 Å². The molecule has 1 fully saturated rings. The summed E-state index contributed by atoms with van der Waals surface area (Å²) in [6.45, 7) is 2.24. The van der Waals surface area contributed by atoms with Crippen LogP contribution >= 0.6 is 23.2 Å². The van der Waals surface area contributed by atoms with Crippen LogP contribution in [0.4, 0.5) is 0 Å². The van der Waals surface area contributed by atoms with Gasteiger partial charge in [-0.05, 0) is 31.6 Å². The van der Waals surface area contributed by atoms with Crippen molar-refractivity contribution in [2.45, 2.75) is 38.6 Å². The summed E-state index contributed by atoms with van der Waals surface area (Å²) >= 11 is 11.6. The summed E-state index contributed by atoms with van der Waals surface area (Å²) < 4.78 is 1.49. The lowest BCUT2D eigenvalue weighted by atomic mass is 9.87. The van der Waals surface area contributed by atoms with Crippen molar-refractivity contribution in [1.29, 1.82) is 0 Å². The maximum Gasteiger partial charge on any atom is 0.287 e. The quantitative estimate of drug-likeness (QED) is 0.777. The highest BCUT2D eigenvalue weighted by atomic mass is 35.5. The van der Waals surface area contributed by atoms with Crippen LogP contribution in [0.25, 0.3) is 0 Å². The third-order valence-electron chi connectivity index (χ3n) is 3.23. The largest absolute Gasteiger partial charge is 0.287 e. The predicted molar refractivity (Wildman–Crippen MR) is 65.2 cm³/mol. The van der Waals surface area contributed by atoms with Crippen molar-refractivity contribution < 1.29 is 0 Å². The Morgan fingerprint density at radius 1 is 1.31 bits per heavy atom. The summed E-state index contributed by atoms with van der Waals surface area (Å²) in [7, 11) is 0. The lowest BCUT2D eigenvalue weighted by Crippen LogP contribution is -2.30. The predicted octanol–water partition coefficient (Wildman–Crippen LogP) is 3.30. The van der Waals surface area contributed by atoms with E-state index in [1.54, 1.807) is 0 Å². The zero-order chi connectivity index (χ0) is 11.7. The molecule has 2 rings (SSSR count). The van der Waals surface area contributed by atoms with Crippen LogP contribution < -0.4 is 5.56 Å². The molecule has 3 nitrogen and oxygen atoms in total. The summed E-state index contributed by atoms with van der Waals surface area (Å²) in [5, 5.41) is 4.38. The maximum absolute atomic E-state index is 11.9. The third kappa shape index (κ3) is 2.25. The second-order valence-corrected chi connectivity index (χ2v) is 5.26. The molecule has 0 radical (unpaired) electrons. The molecule has 1 heterocycles. The summed E-state index contributed by atoms with van der Waals surface area (Å²) in [6, 6.07) is 0.179. The zero-order valence-electron chi connectivity index (χ0n) is 9.12. The molecule has 1 aromatic heterocycles. The lowest BCUT2D eigenvalue weighted by molar-refractivity contribution is 0.266. The van der Waals surface area contributed by atoms with E-state index in [0.717, 1.165) is 31.6 Å². The van der Waals surface area contributed by atoms with E-state index >= 15 is 0 Å². The lowest BCUT2D eigenvalue weighted by Gasteiger charge is -2.26. The van der Waals surface area contributed by atoms with Crippen LogP contribution in [0, 0.1) is 5.92 Å². The van der Waals surface area contributed by atoms with E-state index in [1.807, 2.05) is 0 Å². The van der Waals surface area contributed by atoms with Crippen LogP contribution in [-0.2, 0) is 0 Å². The van der Waals surface area contributed by atoms with Gasteiger partial charge in [-0.1, -0.05) is 30.1 Å². The molecular formula is C11H14Cl2N2O. The molecule has 0 atom stereocenters. The summed E-state index contributed by atoms with van der Waals surface area (Å²) in [5.74, 6) is 0.745. The SMILES string of the molecule is CC1CCC(n2ncc(Cl)c(Cl)c2=O)CC1. The average molecular weight is 261 g/mol. The molecule has 0 N–H and O–H groups in total. The molecule has 1 aliphatic carbocycles. The van der Waals surface area contributed by atoms with E-state index in [1.165, 1.54) is 10.9 Å². The first kappa shape index (κ1) is 11.9. The Kier molecular flexibility index (Phi) is 3.55. The minimum Gasteiger partial charge on any atom is -0.266 e. The third-order valence-corrected chi connectivity index (χ3v) is 3.98. The van der Waals surface area contributed by atoms with Crippen molar-refractivity contribution in [3.8, 4) is 0 Å². The van der Waals surface area contributed by atoms with Crippen LogP contribution in [-0.4, -0.2) is 9.78 Å². The van der Waals surface area contributed by atoms with Crippen molar-refractivity contribution in [2.24, 2.45) is 5.92 Å². The standard InChI is InChI=1S/C11H14Cl2N2O/c1-7-2-4-8(5-3-7)15-11(16)10(13)9(12)6-14-15/h6-8H,2-5H2,1H3. The van der Waals surface area contributed by atoms with Crippen LogP contribution in [0.3, 0.4) is 0 Å². The van der Waals surface area contributed by atoms with E-state index < -0.39 is 0 Å². The van der Waals surface area contributed by atoms with Gasteiger partial charge in [0.05, 0.1) is 17.3 Å². The van der Waals surface area contributed by atoms with Gasteiger partial charge in [0.25, 0.3) is 5.56 Å². The first-order valence-corrected chi connectivity index (χ1v) is 6.28. The van der Waals surface area contributed by atoms with Crippen molar-refractivity contribution in [2.75, 3.05) is 0 Å². The first-order valence-electron chi connectivity index (χ1n) is 5.52. The van der Waals surface area contributed by atoms with Crippen molar-refractivity contribution >= 4 is 23.2 Å². The highest BCUT2D eigenvalue weighted by Gasteiger charge is 2.22. The maximum atomic E-state index is 11.9. The van der Waals surface area contributed by atoms with Gasteiger partial charge in [-0.2, -0.15) is 5.10 Å². The van der Waals surface area contributed by atoms with Crippen molar-refractivity contribution in [3.63, 3.8) is 0 Å². The Morgan fingerprint density at radius 3 is 2.56 bits per heavy atom. The second-order valence-electron chi connectivity index (χ2n) is 4.47. The summed E-state index contributed by atoms with van der Waals surface area (Å²) in [6.07, 6.45) is 5.71. The van der Waals surface area contributed by atoms with Gasteiger partial charge in [-0.3, -0.25) is 4.79 Å². The fraction of sp³-hybridized carbons (Fsp3) is 0.636. The number of rotatable bonds is 1. The molecule has 5 heteroatoms. The van der Waals surface area contributed by atoms with Gasteiger partial charge in [0, 0.05) is 0 Å². The molecule has 0 aromatic carbocycles. The molecule has 0 aliphatic heterocycles. The van der Waals surface area contributed by atoms with Crippen LogP contribution in [0.2, 0.25) is 10.0 Å². The molecular weight excluding hydrogens is 247 g/mol. The van der Waals surface area contributed by atoms with Crippen molar-refractivity contribution in [3.05, 3.63) is 26.6 Å². The van der Waals surface area contributed by atoms with E-state index in [4.69, 9.17) is 23.2 Å². The van der Waals surface area contributed by atoms with Gasteiger partial charge in [-0.15, -0.1) is 0 Å². The van der Waals surface area contributed by atoms with E-state index in [-0.39, 0.29) is 21.6 Å². The van der Waals surface area contributed by atoms with Gasteiger partial charge in [0.1, 0.15) is 5.02 Å². The first-order chi connectivity index (χ1) is 7.59. The Labute approximate surface area is 104 Å². The number of halogens is 2. The van der Waals surface area contributed by atoms with E-state index in [2.05, 4.69) is 12.0 Å². The topological polar surface area (TPSA) is 34.9 Å². The Bertz CT molecular complexity index is 436. The molecule has 0 saturated heterocycles. The van der Waals surface area contributed by atoms with Gasteiger partial charge in [-0.25, -0.2) is 4.68 Å². The number of nitrogens with zero attached hydrogens (tertiary/aromatic N) is 2. The fourth-order valence-corrected chi connectivity index (χ4v) is 2.43. The smallest absolute Gasteiger partial charge is 0.266 e. The van der Waals surface area contributed by atoms with Gasteiger partial charge < -0.3 is 0 Å². The summed E-state index contributed by atoms with van der Waals surface area (Å²) in [4.78, 5) is 11.9. The second kappa shape index (κ2) is 4.76. The van der Waals surface area contributed by atoms with E-state index in [9.17, 15) is 4.79 Å². The molecule has 1 aliphatic rings. The molecule has 0 amide bonds. The highest BCUT2D eigenvalue weighted by Crippen LogP contribution is 2.30. The van der Waals surface area contributed by atoms with Gasteiger partial charge in [0.15, 0.2) is 0 Å². The number of aromatic nitrogens is 2. The summed E-state index contributed by atoms with van der Waals surface area (Å²) in [5.41, 5.74) is -0.270. The molecule has 0 spiro atoms. The highest BCUT2D eigenvalue weighted by molar-refractivity contribution is 6.41. The molecule has 88 valence electrons. The van der Waals surface area contributed by atoms with Gasteiger partial charge >= 0.3 is 0 Å². The normalized spacial score (nSPS) is 25.7. The van der Waals surface area contributed by atoms with Crippen molar-refractivity contribution in [1.82, 2.24) is 9.78 Å². The Hall–Kier alpha value is -0.540. The van der Waals surface area contributed by atoms with E-state index in [0.29, 0.717) is 0 Å². The van der Waals surface area contributed by atoms with Crippen LogP contribution in [0.5, 0.6) is 0 Å². The molecule has 0 unspecified atom stereocenters. The monoisotopic (exact) mass is 260 g/mol. The zero-order valence-corrected chi connectivity index (χ0v) is 10.6. The molecule has 0 bridgehead atoms. The average Bonchev–Trinajstić information content (AvgIpc) is 2.28. The number of hydrogen-bond acceptors (Lipinski definition) is 2. The Balaban J connectivity index is 2.28. The molecule has 1 aromatic rings.